The van der Waals surface area contributed by atoms with Gasteiger partial charge in [0.2, 0.25) is 0 Å². The molecule has 7 heteroatoms. The molecule has 2 rings (SSSR count). The van der Waals surface area contributed by atoms with E-state index in [0.717, 1.165) is 4.90 Å². The van der Waals surface area contributed by atoms with Gasteiger partial charge >= 0.3 is 0 Å². The molecule has 0 spiro atoms. The van der Waals surface area contributed by atoms with Crippen LogP contribution in [0.25, 0.3) is 0 Å². The second-order valence-electron chi connectivity index (χ2n) is 3.90. The van der Waals surface area contributed by atoms with Gasteiger partial charge in [-0.2, -0.15) is 0 Å². The average molecular weight is 349 g/mol. The molecule has 0 heterocycles. The number of nitrogens with zero attached hydrogens (tertiary/aromatic N) is 1. The Kier molecular flexibility index (Phi) is 5.16. The normalized spacial score (nSPS) is 10.6. The Bertz CT molecular complexity index is 664. The van der Waals surface area contributed by atoms with E-state index < -0.39 is 4.92 Å². The summed E-state index contributed by atoms with van der Waals surface area (Å²) in [5.74, 6) is 0.512. The van der Waals surface area contributed by atoms with Gasteiger partial charge in [-0.15, -0.1) is 11.8 Å². The molecule has 0 bridgehead atoms. The lowest BCUT2D eigenvalue weighted by molar-refractivity contribution is -0.384. The van der Waals surface area contributed by atoms with Crippen LogP contribution in [0.15, 0.2) is 41.3 Å². The van der Waals surface area contributed by atoms with Gasteiger partial charge in [-0.05, 0) is 29.8 Å². The second kappa shape index (κ2) is 6.68. The van der Waals surface area contributed by atoms with Crippen molar-refractivity contribution in [3.8, 4) is 0 Å². The fraction of sp³-hybridized carbons (Fsp3) is 0.0769. The first-order valence-corrected chi connectivity index (χ1v) is 7.60. The maximum atomic E-state index is 10.7. The van der Waals surface area contributed by atoms with Crippen LogP contribution in [0, 0.1) is 10.1 Å². The van der Waals surface area contributed by atoms with E-state index in [1.54, 1.807) is 12.1 Å². The van der Waals surface area contributed by atoms with Crippen LogP contribution in [0.4, 0.5) is 5.69 Å². The number of hydrogen-bond acceptors (Lipinski definition) is 3. The standard InChI is InChI=1S/C13H8Cl3NO2S/c14-11-3-1-9(17(18)19)5-8(11)7-20-10-2-4-12(15)13(16)6-10/h1-6H,7H2. The predicted molar refractivity (Wildman–Crippen MR) is 84.1 cm³/mol. The van der Waals surface area contributed by atoms with Crippen molar-refractivity contribution in [2.24, 2.45) is 0 Å². The highest BCUT2D eigenvalue weighted by atomic mass is 35.5. The van der Waals surface area contributed by atoms with Gasteiger partial charge in [0.15, 0.2) is 0 Å². The Hall–Kier alpha value is -0.940. The molecule has 0 aliphatic heterocycles. The molecule has 0 fully saturated rings. The van der Waals surface area contributed by atoms with E-state index in [1.807, 2.05) is 6.07 Å². The number of rotatable bonds is 4. The van der Waals surface area contributed by atoms with Gasteiger partial charge in [0.25, 0.3) is 5.69 Å². The minimum absolute atomic E-state index is 0.0270. The highest BCUT2D eigenvalue weighted by molar-refractivity contribution is 7.98. The summed E-state index contributed by atoms with van der Waals surface area (Å²) in [6, 6.07) is 9.69. The van der Waals surface area contributed by atoms with Crippen LogP contribution in [-0.2, 0) is 5.75 Å². The largest absolute Gasteiger partial charge is 0.269 e. The van der Waals surface area contributed by atoms with Crippen molar-refractivity contribution in [1.82, 2.24) is 0 Å². The summed E-state index contributed by atoms with van der Waals surface area (Å²) in [7, 11) is 0. The molecule has 0 aromatic heterocycles. The van der Waals surface area contributed by atoms with Gasteiger partial charge in [-0.25, -0.2) is 0 Å². The Morgan fingerprint density at radius 1 is 1.00 bits per heavy atom. The maximum absolute atomic E-state index is 10.7. The van der Waals surface area contributed by atoms with E-state index in [9.17, 15) is 10.1 Å². The summed E-state index contributed by atoms with van der Waals surface area (Å²) < 4.78 is 0. The number of nitro benzene ring substituents is 1. The van der Waals surface area contributed by atoms with Gasteiger partial charge in [-0.1, -0.05) is 34.8 Å². The highest BCUT2D eigenvalue weighted by Crippen LogP contribution is 2.32. The molecule has 0 unspecified atom stereocenters. The summed E-state index contributed by atoms with van der Waals surface area (Å²) in [4.78, 5) is 11.2. The summed E-state index contributed by atoms with van der Waals surface area (Å²) in [5, 5.41) is 12.2. The van der Waals surface area contributed by atoms with Crippen molar-refractivity contribution in [2.45, 2.75) is 10.6 Å². The quantitative estimate of drug-likeness (QED) is 0.395. The first kappa shape index (κ1) is 15.4. The monoisotopic (exact) mass is 347 g/mol. The molecule has 0 radical (unpaired) electrons. The minimum Gasteiger partial charge on any atom is -0.258 e. The zero-order chi connectivity index (χ0) is 14.7. The van der Waals surface area contributed by atoms with Crippen LogP contribution < -0.4 is 0 Å². The highest BCUT2D eigenvalue weighted by Gasteiger charge is 2.10. The molecule has 104 valence electrons. The lowest BCUT2D eigenvalue weighted by Gasteiger charge is -2.05. The molecular weight excluding hydrogens is 341 g/mol. The SMILES string of the molecule is O=[N+]([O-])c1ccc(Cl)c(CSc2ccc(Cl)c(Cl)c2)c1. The molecule has 0 aliphatic carbocycles. The summed E-state index contributed by atoms with van der Waals surface area (Å²) >= 11 is 19.3. The number of thioether (sulfide) groups is 1. The van der Waals surface area contributed by atoms with E-state index in [2.05, 4.69) is 0 Å². The van der Waals surface area contributed by atoms with Crippen LogP contribution in [0.5, 0.6) is 0 Å². The average Bonchev–Trinajstić information content (AvgIpc) is 2.41. The van der Waals surface area contributed by atoms with Crippen LogP contribution in [0.3, 0.4) is 0 Å². The Balaban J connectivity index is 2.15. The molecule has 0 aliphatic rings. The fourth-order valence-electron chi connectivity index (χ4n) is 1.51. The topological polar surface area (TPSA) is 43.1 Å². The molecule has 0 atom stereocenters. The second-order valence-corrected chi connectivity index (χ2v) is 6.17. The van der Waals surface area contributed by atoms with Crippen molar-refractivity contribution in [2.75, 3.05) is 0 Å². The molecule has 0 amide bonds. The van der Waals surface area contributed by atoms with E-state index in [-0.39, 0.29) is 5.69 Å². The third kappa shape index (κ3) is 3.79. The van der Waals surface area contributed by atoms with Crippen molar-refractivity contribution in [3.05, 3.63) is 67.1 Å². The molecule has 0 saturated carbocycles. The molecule has 0 N–H and O–H groups in total. The first-order chi connectivity index (χ1) is 9.47. The number of nitro groups is 1. The summed E-state index contributed by atoms with van der Waals surface area (Å²) in [6.07, 6.45) is 0. The molecule has 20 heavy (non-hydrogen) atoms. The minimum atomic E-state index is -0.441. The maximum Gasteiger partial charge on any atom is 0.269 e. The van der Waals surface area contributed by atoms with E-state index in [1.165, 1.54) is 30.0 Å². The van der Waals surface area contributed by atoms with Crippen molar-refractivity contribution >= 4 is 52.3 Å². The van der Waals surface area contributed by atoms with Gasteiger partial charge in [0, 0.05) is 27.8 Å². The number of benzene rings is 2. The molecular formula is C13H8Cl3NO2S. The van der Waals surface area contributed by atoms with Crippen molar-refractivity contribution in [3.63, 3.8) is 0 Å². The summed E-state index contributed by atoms with van der Waals surface area (Å²) in [5.41, 5.74) is 0.732. The number of halogens is 3. The van der Waals surface area contributed by atoms with E-state index >= 15 is 0 Å². The molecule has 2 aromatic rings. The predicted octanol–water partition coefficient (Wildman–Crippen LogP) is 5.85. The third-order valence-corrected chi connectivity index (χ3v) is 4.68. The van der Waals surface area contributed by atoms with Crippen LogP contribution >= 0.6 is 46.6 Å². The fourth-order valence-corrected chi connectivity index (χ4v) is 3.07. The third-order valence-electron chi connectivity index (χ3n) is 2.53. The number of hydrogen-bond donors (Lipinski definition) is 0. The van der Waals surface area contributed by atoms with Crippen molar-refractivity contribution < 1.29 is 4.92 Å². The zero-order valence-corrected chi connectivity index (χ0v) is 13.1. The molecule has 3 nitrogen and oxygen atoms in total. The summed E-state index contributed by atoms with van der Waals surface area (Å²) in [6.45, 7) is 0. The van der Waals surface area contributed by atoms with Gasteiger partial charge in [0.1, 0.15) is 0 Å². The van der Waals surface area contributed by atoms with Crippen LogP contribution in [0.2, 0.25) is 15.1 Å². The lowest BCUT2D eigenvalue weighted by atomic mass is 10.2. The van der Waals surface area contributed by atoms with Crippen molar-refractivity contribution in [1.29, 1.82) is 0 Å². The Morgan fingerprint density at radius 3 is 2.35 bits per heavy atom. The Labute approximate surface area is 135 Å². The van der Waals surface area contributed by atoms with Crippen LogP contribution in [-0.4, -0.2) is 4.92 Å². The van der Waals surface area contributed by atoms with Gasteiger partial charge < -0.3 is 0 Å². The van der Waals surface area contributed by atoms with E-state index in [0.29, 0.717) is 26.4 Å². The number of non-ortho nitro benzene ring substituents is 1. The van der Waals surface area contributed by atoms with Gasteiger partial charge in [0.05, 0.1) is 15.0 Å². The first-order valence-electron chi connectivity index (χ1n) is 5.48. The Morgan fingerprint density at radius 2 is 1.70 bits per heavy atom. The molecule has 0 saturated heterocycles. The smallest absolute Gasteiger partial charge is 0.258 e. The molecule has 2 aromatic carbocycles. The van der Waals surface area contributed by atoms with E-state index in [4.69, 9.17) is 34.8 Å². The lowest BCUT2D eigenvalue weighted by Crippen LogP contribution is -1.90. The van der Waals surface area contributed by atoms with Crippen LogP contribution in [0.1, 0.15) is 5.56 Å². The zero-order valence-electron chi connectivity index (χ0n) is 9.98. The van der Waals surface area contributed by atoms with Gasteiger partial charge in [-0.3, -0.25) is 10.1 Å².